The highest BCUT2D eigenvalue weighted by atomic mass is 19.4. The molecule has 0 fully saturated rings. The molecule has 0 saturated heterocycles. The van der Waals surface area contributed by atoms with Gasteiger partial charge in [-0.2, -0.15) is 13.2 Å². The van der Waals surface area contributed by atoms with Gasteiger partial charge in [0.15, 0.2) is 0 Å². The molecule has 3 aromatic rings. The number of alkyl halides is 3. The second-order valence-corrected chi connectivity index (χ2v) is 6.15. The first kappa shape index (κ1) is 19.5. The predicted molar refractivity (Wildman–Crippen MR) is 103 cm³/mol. The summed E-state index contributed by atoms with van der Waals surface area (Å²) in [4.78, 5) is 0. The summed E-state index contributed by atoms with van der Waals surface area (Å²) in [6, 6.07) is 22.4. The molecule has 0 saturated carbocycles. The molecule has 0 spiro atoms. The summed E-state index contributed by atoms with van der Waals surface area (Å²) in [5, 5.41) is 0. The highest BCUT2D eigenvalue weighted by molar-refractivity contribution is 5.69. The Bertz CT molecular complexity index is 930. The van der Waals surface area contributed by atoms with Gasteiger partial charge in [-0.3, -0.25) is 0 Å². The zero-order chi connectivity index (χ0) is 20.0. The Labute approximate surface area is 161 Å². The zero-order valence-corrected chi connectivity index (χ0v) is 15.2. The maximum absolute atomic E-state index is 13.6. The summed E-state index contributed by atoms with van der Waals surface area (Å²) in [5.41, 5.74) is 1.01. The van der Waals surface area contributed by atoms with E-state index in [9.17, 15) is 13.2 Å². The van der Waals surface area contributed by atoms with Crippen LogP contribution in [0.2, 0.25) is 0 Å². The standard InChI is InChI=1S/C23H19F3O2/c1-27-20-13-11-18(12-14-20)21(23(24,25)26)16-28-22-10-6-5-9-19(22)15-17-7-3-2-4-8-17/h2-14,16H,15H2,1H3/b21-16+. The third-order valence-corrected chi connectivity index (χ3v) is 4.22. The van der Waals surface area contributed by atoms with Crippen LogP contribution in [0.15, 0.2) is 85.1 Å². The van der Waals surface area contributed by atoms with E-state index < -0.39 is 11.7 Å². The smallest absolute Gasteiger partial charge is 0.419 e. The van der Waals surface area contributed by atoms with E-state index in [2.05, 4.69) is 0 Å². The van der Waals surface area contributed by atoms with Crippen LogP contribution >= 0.6 is 0 Å². The quantitative estimate of drug-likeness (QED) is 0.467. The van der Waals surface area contributed by atoms with Gasteiger partial charge in [0, 0.05) is 6.42 Å². The van der Waals surface area contributed by atoms with Gasteiger partial charge in [-0.15, -0.1) is 0 Å². The fourth-order valence-electron chi connectivity index (χ4n) is 2.77. The van der Waals surface area contributed by atoms with Gasteiger partial charge in [-0.25, -0.2) is 0 Å². The zero-order valence-electron chi connectivity index (χ0n) is 15.2. The minimum Gasteiger partial charge on any atom is -0.497 e. The summed E-state index contributed by atoms with van der Waals surface area (Å²) in [7, 11) is 1.46. The molecule has 0 radical (unpaired) electrons. The normalized spacial score (nSPS) is 11.9. The molecule has 0 aliphatic rings. The molecular weight excluding hydrogens is 365 g/mol. The number of halogens is 3. The van der Waals surface area contributed by atoms with Crippen molar-refractivity contribution in [2.24, 2.45) is 0 Å². The van der Waals surface area contributed by atoms with E-state index in [-0.39, 0.29) is 5.56 Å². The molecule has 0 N–H and O–H groups in total. The van der Waals surface area contributed by atoms with E-state index in [1.54, 1.807) is 12.1 Å². The van der Waals surface area contributed by atoms with E-state index in [4.69, 9.17) is 9.47 Å². The Balaban J connectivity index is 1.89. The molecule has 0 aromatic heterocycles. The van der Waals surface area contributed by atoms with E-state index >= 15 is 0 Å². The van der Waals surface area contributed by atoms with Gasteiger partial charge in [0.25, 0.3) is 0 Å². The van der Waals surface area contributed by atoms with E-state index in [1.165, 1.54) is 31.4 Å². The van der Waals surface area contributed by atoms with Crippen LogP contribution in [0, 0.1) is 0 Å². The van der Waals surface area contributed by atoms with Crippen molar-refractivity contribution in [3.05, 3.63) is 102 Å². The lowest BCUT2D eigenvalue weighted by molar-refractivity contribution is -0.0697. The monoisotopic (exact) mass is 384 g/mol. The molecule has 3 aromatic carbocycles. The number of benzene rings is 3. The number of rotatable bonds is 6. The highest BCUT2D eigenvalue weighted by Crippen LogP contribution is 2.35. The van der Waals surface area contributed by atoms with Gasteiger partial charge in [0.2, 0.25) is 0 Å². The Kier molecular flexibility index (Phi) is 6.04. The van der Waals surface area contributed by atoms with Crippen LogP contribution in [0.1, 0.15) is 16.7 Å². The topological polar surface area (TPSA) is 18.5 Å². The fraction of sp³-hybridized carbons (Fsp3) is 0.130. The van der Waals surface area contributed by atoms with Crippen LogP contribution < -0.4 is 9.47 Å². The van der Waals surface area contributed by atoms with Crippen molar-refractivity contribution in [3.63, 3.8) is 0 Å². The molecule has 144 valence electrons. The summed E-state index contributed by atoms with van der Waals surface area (Å²) < 4.78 is 51.2. The van der Waals surface area contributed by atoms with Gasteiger partial charge >= 0.3 is 6.18 Å². The first-order chi connectivity index (χ1) is 13.5. The predicted octanol–water partition coefficient (Wildman–Crippen LogP) is 6.27. The average molecular weight is 384 g/mol. The molecule has 2 nitrogen and oxygen atoms in total. The number of hydrogen-bond donors (Lipinski definition) is 0. The largest absolute Gasteiger partial charge is 0.497 e. The van der Waals surface area contributed by atoms with E-state index in [0.717, 1.165) is 17.4 Å². The number of para-hydroxylation sites is 1. The number of hydrogen-bond acceptors (Lipinski definition) is 2. The third kappa shape index (κ3) is 4.94. The molecule has 0 aliphatic heterocycles. The second kappa shape index (κ2) is 8.65. The van der Waals surface area contributed by atoms with Crippen LogP contribution in [-0.2, 0) is 6.42 Å². The first-order valence-corrected chi connectivity index (χ1v) is 8.67. The maximum Gasteiger partial charge on any atom is 0.419 e. The van der Waals surface area contributed by atoms with Crippen molar-refractivity contribution in [2.75, 3.05) is 7.11 Å². The fourth-order valence-corrected chi connectivity index (χ4v) is 2.77. The Morgan fingerprint density at radius 1 is 0.857 bits per heavy atom. The maximum atomic E-state index is 13.6. The molecule has 0 unspecified atom stereocenters. The highest BCUT2D eigenvalue weighted by Gasteiger charge is 2.35. The Hall–Kier alpha value is -3.21. The van der Waals surface area contributed by atoms with E-state index in [0.29, 0.717) is 17.9 Å². The minimum absolute atomic E-state index is 0.00819. The van der Waals surface area contributed by atoms with Crippen molar-refractivity contribution >= 4 is 5.57 Å². The molecule has 0 atom stereocenters. The molecule has 5 heteroatoms. The van der Waals surface area contributed by atoms with Gasteiger partial charge in [-0.1, -0.05) is 60.7 Å². The average Bonchev–Trinajstić information content (AvgIpc) is 2.69. The number of allylic oxidation sites excluding steroid dienone is 1. The molecule has 28 heavy (non-hydrogen) atoms. The molecule has 0 amide bonds. The van der Waals surface area contributed by atoms with Crippen LogP contribution in [0.5, 0.6) is 11.5 Å². The summed E-state index contributed by atoms with van der Waals surface area (Å²) in [6.45, 7) is 0. The van der Waals surface area contributed by atoms with Crippen molar-refractivity contribution in [1.82, 2.24) is 0 Å². The SMILES string of the molecule is COc1ccc(/C(=C\Oc2ccccc2Cc2ccccc2)C(F)(F)F)cc1. The Morgan fingerprint density at radius 3 is 2.14 bits per heavy atom. The lowest BCUT2D eigenvalue weighted by atomic mass is 10.0. The molecular formula is C23H19F3O2. The van der Waals surface area contributed by atoms with E-state index in [1.807, 2.05) is 42.5 Å². The van der Waals surface area contributed by atoms with Crippen molar-refractivity contribution in [2.45, 2.75) is 12.6 Å². The van der Waals surface area contributed by atoms with Gasteiger partial charge in [0.1, 0.15) is 17.8 Å². The second-order valence-electron chi connectivity index (χ2n) is 6.15. The minimum atomic E-state index is -4.55. The molecule has 0 bridgehead atoms. The summed E-state index contributed by atoms with van der Waals surface area (Å²) >= 11 is 0. The van der Waals surface area contributed by atoms with Gasteiger partial charge < -0.3 is 9.47 Å². The summed E-state index contributed by atoms with van der Waals surface area (Å²) in [6.07, 6.45) is -3.22. The first-order valence-electron chi connectivity index (χ1n) is 8.67. The summed E-state index contributed by atoms with van der Waals surface area (Å²) in [5.74, 6) is 0.876. The third-order valence-electron chi connectivity index (χ3n) is 4.22. The molecule has 0 aliphatic carbocycles. The van der Waals surface area contributed by atoms with Crippen LogP contribution in [0.4, 0.5) is 13.2 Å². The molecule has 3 rings (SSSR count). The van der Waals surface area contributed by atoms with Gasteiger partial charge in [0.05, 0.1) is 12.7 Å². The van der Waals surface area contributed by atoms with Crippen LogP contribution in [-0.4, -0.2) is 13.3 Å². The van der Waals surface area contributed by atoms with Gasteiger partial charge in [-0.05, 0) is 34.9 Å². The van der Waals surface area contributed by atoms with Crippen LogP contribution in [0.3, 0.4) is 0 Å². The van der Waals surface area contributed by atoms with Crippen LogP contribution in [0.25, 0.3) is 5.57 Å². The Morgan fingerprint density at radius 2 is 1.50 bits per heavy atom. The molecule has 0 heterocycles. The lowest BCUT2D eigenvalue weighted by Gasteiger charge is -2.14. The lowest BCUT2D eigenvalue weighted by Crippen LogP contribution is -2.12. The number of methoxy groups -OCH3 is 1. The number of ether oxygens (including phenoxy) is 2. The van der Waals surface area contributed by atoms with Crippen molar-refractivity contribution < 1.29 is 22.6 Å². The van der Waals surface area contributed by atoms with Crippen molar-refractivity contribution in [3.8, 4) is 11.5 Å². The van der Waals surface area contributed by atoms with Crippen molar-refractivity contribution in [1.29, 1.82) is 0 Å².